The van der Waals surface area contributed by atoms with E-state index in [1.807, 2.05) is 13.0 Å². The molecule has 0 spiro atoms. The molecule has 0 bridgehead atoms. The maximum absolute atomic E-state index is 13.7. The van der Waals surface area contributed by atoms with Gasteiger partial charge in [0.05, 0.1) is 0 Å². The van der Waals surface area contributed by atoms with Gasteiger partial charge in [0.15, 0.2) is 0 Å². The van der Waals surface area contributed by atoms with E-state index in [0.29, 0.717) is 15.6 Å². The molecule has 1 nitrogen and oxygen atoms in total. The summed E-state index contributed by atoms with van der Waals surface area (Å²) in [7, 11) is 0. The Balaban J connectivity index is 2.68. The number of phenolic OH excluding ortho intramolecular Hbond substituents is 1. The number of benzene rings is 2. The van der Waals surface area contributed by atoms with Gasteiger partial charge in [-0.15, -0.1) is 0 Å². The second-order valence-corrected chi connectivity index (χ2v) is 4.47. The van der Waals surface area contributed by atoms with E-state index in [9.17, 15) is 9.50 Å². The summed E-state index contributed by atoms with van der Waals surface area (Å²) in [6.45, 7) is 1.87. The Hall–Kier alpha value is -1.35. The Bertz CT molecular complexity index is 517. The van der Waals surface area contributed by atoms with Gasteiger partial charge >= 0.3 is 0 Å². The molecule has 0 aromatic heterocycles. The zero-order valence-electron chi connectivity index (χ0n) is 8.67. The van der Waals surface area contributed by atoms with E-state index < -0.39 is 0 Å². The number of aryl methyl sites for hydroxylation is 1. The predicted molar refractivity (Wildman–Crippen MR) is 65.9 cm³/mol. The zero-order valence-corrected chi connectivity index (χ0v) is 10.3. The molecule has 1 N–H and O–H groups in total. The monoisotopic (exact) mass is 280 g/mol. The SMILES string of the molecule is Cc1ccc(-c2c(F)cccc2Br)c(O)c1. The van der Waals surface area contributed by atoms with E-state index in [1.54, 1.807) is 24.3 Å². The molecule has 16 heavy (non-hydrogen) atoms. The second kappa shape index (κ2) is 4.26. The smallest absolute Gasteiger partial charge is 0.132 e. The standard InChI is InChI=1S/C13H10BrFO/c1-8-5-6-9(12(16)7-8)13-10(14)3-2-4-11(13)15/h2-7,16H,1H3. The van der Waals surface area contributed by atoms with Crippen LogP contribution in [0.25, 0.3) is 11.1 Å². The Morgan fingerprint density at radius 3 is 2.56 bits per heavy atom. The minimum absolute atomic E-state index is 0.0887. The number of rotatable bonds is 1. The van der Waals surface area contributed by atoms with E-state index in [1.165, 1.54) is 6.07 Å². The highest BCUT2D eigenvalue weighted by Gasteiger charge is 2.12. The summed E-state index contributed by atoms with van der Waals surface area (Å²) in [6, 6.07) is 9.92. The fourth-order valence-corrected chi connectivity index (χ4v) is 2.16. The normalized spacial score (nSPS) is 10.4. The summed E-state index contributed by atoms with van der Waals surface area (Å²) in [6.07, 6.45) is 0. The van der Waals surface area contributed by atoms with Crippen molar-refractivity contribution in [3.8, 4) is 16.9 Å². The summed E-state index contributed by atoms with van der Waals surface area (Å²) in [4.78, 5) is 0. The first-order chi connectivity index (χ1) is 7.59. The highest BCUT2D eigenvalue weighted by Crippen LogP contribution is 2.36. The maximum Gasteiger partial charge on any atom is 0.132 e. The first-order valence-corrected chi connectivity index (χ1v) is 5.63. The molecular formula is C13H10BrFO. The molecule has 0 aliphatic carbocycles. The molecule has 82 valence electrons. The van der Waals surface area contributed by atoms with Crippen molar-refractivity contribution in [1.82, 2.24) is 0 Å². The van der Waals surface area contributed by atoms with Gasteiger partial charge in [0.25, 0.3) is 0 Å². The van der Waals surface area contributed by atoms with Crippen molar-refractivity contribution in [2.24, 2.45) is 0 Å². The Labute approximate surface area is 102 Å². The van der Waals surface area contributed by atoms with Crippen LogP contribution in [0.1, 0.15) is 5.56 Å². The molecule has 3 heteroatoms. The lowest BCUT2D eigenvalue weighted by Gasteiger charge is -2.08. The van der Waals surface area contributed by atoms with Crippen LogP contribution in [-0.2, 0) is 0 Å². The third kappa shape index (κ3) is 1.95. The molecule has 0 aliphatic heterocycles. The van der Waals surface area contributed by atoms with Crippen molar-refractivity contribution in [3.63, 3.8) is 0 Å². The lowest BCUT2D eigenvalue weighted by atomic mass is 10.0. The van der Waals surface area contributed by atoms with Crippen LogP contribution < -0.4 is 0 Å². The van der Waals surface area contributed by atoms with Crippen molar-refractivity contribution in [2.75, 3.05) is 0 Å². The molecule has 0 fully saturated rings. The molecule has 0 heterocycles. The third-order valence-corrected chi connectivity index (χ3v) is 3.05. The van der Waals surface area contributed by atoms with Gasteiger partial charge in [0, 0.05) is 15.6 Å². The zero-order chi connectivity index (χ0) is 11.7. The highest BCUT2D eigenvalue weighted by molar-refractivity contribution is 9.10. The molecule has 2 rings (SSSR count). The van der Waals surface area contributed by atoms with Crippen LogP contribution in [0.15, 0.2) is 40.9 Å². The minimum atomic E-state index is -0.353. The molecule has 2 aromatic rings. The van der Waals surface area contributed by atoms with Crippen LogP contribution in [0.2, 0.25) is 0 Å². The predicted octanol–water partition coefficient (Wildman–Crippen LogP) is 4.27. The molecule has 0 aliphatic rings. The van der Waals surface area contributed by atoms with E-state index in [4.69, 9.17) is 0 Å². The lowest BCUT2D eigenvalue weighted by Crippen LogP contribution is -1.87. The second-order valence-electron chi connectivity index (χ2n) is 3.62. The molecule has 0 amide bonds. The molecule has 0 saturated carbocycles. The molecular weight excluding hydrogens is 271 g/mol. The van der Waals surface area contributed by atoms with Crippen molar-refractivity contribution in [3.05, 3.63) is 52.3 Å². The number of hydrogen-bond acceptors (Lipinski definition) is 1. The first-order valence-electron chi connectivity index (χ1n) is 4.83. The Morgan fingerprint density at radius 2 is 1.94 bits per heavy atom. The van der Waals surface area contributed by atoms with Gasteiger partial charge in [0.1, 0.15) is 11.6 Å². The van der Waals surface area contributed by atoms with Gasteiger partial charge in [0.2, 0.25) is 0 Å². The van der Waals surface area contributed by atoms with Gasteiger partial charge in [-0.1, -0.05) is 34.1 Å². The highest BCUT2D eigenvalue weighted by atomic mass is 79.9. The van der Waals surface area contributed by atoms with Crippen molar-refractivity contribution < 1.29 is 9.50 Å². The van der Waals surface area contributed by atoms with Crippen LogP contribution in [-0.4, -0.2) is 5.11 Å². The largest absolute Gasteiger partial charge is 0.507 e. The van der Waals surface area contributed by atoms with Crippen LogP contribution in [0, 0.1) is 12.7 Å². The third-order valence-electron chi connectivity index (χ3n) is 2.39. The summed E-state index contributed by atoms with van der Waals surface area (Å²) < 4.78 is 14.3. The average molecular weight is 281 g/mol. The first kappa shape index (κ1) is 11.1. The quantitative estimate of drug-likeness (QED) is 0.827. The number of hydrogen-bond donors (Lipinski definition) is 1. The van der Waals surface area contributed by atoms with E-state index in [-0.39, 0.29) is 11.6 Å². The Kier molecular flexibility index (Phi) is 2.97. The van der Waals surface area contributed by atoms with Crippen molar-refractivity contribution in [2.45, 2.75) is 6.92 Å². The lowest BCUT2D eigenvalue weighted by molar-refractivity contribution is 0.476. The van der Waals surface area contributed by atoms with Crippen LogP contribution in [0.3, 0.4) is 0 Å². The molecule has 0 unspecified atom stereocenters. The average Bonchev–Trinajstić information content (AvgIpc) is 2.20. The maximum atomic E-state index is 13.7. The molecule has 0 saturated heterocycles. The van der Waals surface area contributed by atoms with Gasteiger partial charge in [-0.3, -0.25) is 0 Å². The van der Waals surface area contributed by atoms with Gasteiger partial charge in [-0.2, -0.15) is 0 Å². The summed E-state index contributed by atoms with van der Waals surface area (Å²) in [5, 5.41) is 9.81. The Morgan fingerprint density at radius 1 is 1.19 bits per heavy atom. The van der Waals surface area contributed by atoms with E-state index >= 15 is 0 Å². The molecule has 2 aromatic carbocycles. The number of halogens is 2. The van der Waals surface area contributed by atoms with E-state index in [0.717, 1.165) is 5.56 Å². The van der Waals surface area contributed by atoms with Gasteiger partial charge < -0.3 is 5.11 Å². The van der Waals surface area contributed by atoms with Gasteiger partial charge in [-0.05, 0) is 30.7 Å². The van der Waals surface area contributed by atoms with Crippen LogP contribution in [0.4, 0.5) is 4.39 Å². The van der Waals surface area contributed by atoms with Crippen molar-refractivity contribution >= 4 is 15.9 Å². The van der Waals surface area contributed by atoms with Crippen molar-refractivity contribution in [1.29, 1.82) is 0 Å². The minimum Gasteiger partial charge on any atom is -0.507 e. The number of aromatic hydroxyl groups is 1. The summed E-state index contributed by atoms with van der Waals surface area (Å²) in [5.41, 5.74) is 1.82. The summed E-state index contributed by atoms with van der Waals surface area (Å²) >= 11 is 3.29. The fraction of sp³-hybridized carbons (Fsp3) is 0.0769. The molecule has 0 atom stereocenters. The summed E-state index contributed by atoms with van der Waals surface area (Å²) in [5.74, 6) is -0.265. The number of phenols is 1. The van der Waals surface area contributed by atoms with Crippen LogP contribution in [0.5, 0.6) is 5.75 Å². The van der Waals surface area contributed by atoms with E-state index in [2.05, 4.69) is 15.9 Å². The topological polar surface area (TPSA) is 20.2 Å². The fourth-order valence-electron chi connectivity index (χ4n) is 1.61. The molecule has 0 radical (unpaired) electrons. The van der Waals surface area contributed by atoms with Gasteiger partial charge in [-0.25, -0.2) is 4.39 Å². The van der Waals surface area contributed by atoms with Crippen LogP contribution >= 0.6 is 15.9 Å².